The molecule has 0 spiro atoms. The standard InChI is InChI=1S/C18H12Cl2N4O/c19-13-7-5-11(9-14(13)20)17-8-6-12(25-17)10-21-24-18-22-15-3-1-2-4-16(15)23-18/h1-10H,(H2,22,23,24)/b21-10+. The maximum Gasteiger partial charge on any atom is 0.222 e. The van der Waals surface area contributed by atoms with Crippen molar-refractivity contribution < 1.29 is 4.42 Å². The summed E-state index contributed by atoms with van der Waals surface area (Å²) in [5.74, 6) is 1.85. The summed E-state index contributed by atoms with van der Waals surface area (Å²) in [7, 11) is 0. The molecular formula is C18H12Cl2N4O. The smallest absolute Gasteiger partial charge is 0.222 e. The van der Waals surface area contributed by atoms with Crippen LogP contribution in [-0.4, -0.2) is 16.2 Å². The lowest BCUT2D eigenvalue weighted by Gasteiger charge is -1.99. The Balaban J connectivity index is 1.48. The van der Waals surface area contributed by atoms with Crippen molar-refractivity contribution >= 4 is 46.4 Å². The van der Waals surface area contributed by atoms with Gasteiger partial charge in [-0.2, -0.15) is 5.10 Å². The van der Waals surface area contributed by atoms with Crippen LogP contribution in [0.1, 0.15) is 5.76 Å². The summed E-state index contributed by atoms with van der Waals surface area (Å²) in [5, 5.41) is 5.13. The number of hydrogen-bond acceptors (Lipinski definition) is 4. The zero-order valence-corrected chi connectivity index (χ0v) is 14.3. The normalized spacial score (nSPS) is 11.4. The van der Waals surface area contributed by atoms with Crippen LogP contribution >= 0.6 is 23.2 Å². The molecule has 2 N–H and O–H groups in total. The SMILES string of the molecule is Clc1ccc(-c2ccc(/C=N/Nc3nc4ccccc4[nH]3)o2)cc1Cl. The van der Waals surface area contributed by atoms with Crippen molar-refractivity contribution in [3.05, 3.63) is 70.4 Å². The number of hydrazone groups is 1. The lowest BCUT2D eigenvalue weighted by Crippen LogP contribution is -1.91. The Labute approximate surface area is 153 Å². The molecule has 0 amide bonds. The number of aromatic nitrogens is 2. The fraction of sp³-hybridized carbons (Fsp3) is 0. The molecule has 0 bridgehead atoms. The Morgan fingerprint density at radius 3 is 2.76 bits per heavy atom. The summed E-state index contributed by atoms with van der Waals surface area (Å²) in [5.41, 5.74) is 5.52. The van der Waals surface area contributed by atoms with Gasteiger partial charge in [0.15, 0.2) is 0 Å². The number of benzene rings is 2. The molecule has 0 radical (unpaired) electrons. The second-order valence-corrected chi connectivity index (χ2v) is 6.12. The molecule has 0 unspecified atom stereocenters. The fourth-order valence-electron chi connectivity index (χ4n) is 2.39. The van der Waals surface area contributed by atoms with Crippen molar-refractivity contribution in [2.45, 2.75) is 0 Å². The molecule has 0 saturated heterocycles. The third-order valence-corrected chi connectivity index (χ3v) is 4.32. The molecule has 2 heterocycles. The minimum Gasteiger partial charge on any atom is -0.455 e. The van der Waals surface area contributed by atoms with E-state index in [1.54, 1.807) is 18.3 Å². The lowest BCUT2D eigenvalue weighted by molar-refractivity contribution is 0.575. The Kier molecular flexibility index (Phi) is 4.17. The number of rotatable bonds is 4. The van der Waals surface area contributed by atoms with Gasteiger partial charge in [-0.05, 0) is 42.5 Å². The number of nitrogens with one attached hydrogen (secondary N) is 2. The van der Waals surface area contributed by atoms with Gasteiger partial charge in [0.2, 0.25) is 5.95 Å². The zero-order valence-electron chi connectivity index (χ0n) is 12.8. The molecule has 0 aliphatic carbocycles. The Bertz CT molecular complexity index is 1030. The zero-order chi connectivity index (χ0) is 17.2. The highest BCUT2D eigenvalue weighted by Crippen LogP contribution is 2.29. The monoisotopic (exact) mass is 370 g/mol. The number of nitrogens with zero attached hydrogens (tertiary/aromatic N) is 2. The van der Waals surface area contributed by atoms with Crippen LogP contribution in [0.15, 0.2) is 64.1 Å². The number of H-pyrrole nitrogens is 1. The van der Waals surface area contributed by atoms with Gasteiger partial charge in [-0.15, -0.1) is 0 Å². The molecular weight excluding hydrogens is 359 g/mol. The van der Waals surface area contributed by atoms with Crippen LogP contribution in [0.5, 0.6) is 0 Å². The van der Waals surface area contributed by atoms with Crippen molar-refractivity contribution in [3.63, 3.8) is 0 Å². The minimum atomic E-state index is 0.484. The van der Waals surface area contributed by atoms with E-state index in [9.17, 15) is 0 Å². The number of anilines is 1. The molecule has 2 aromatic heterocycles. The number of fused-ring (bicyclic) bond motifs is 1. The molecule has 0 atom stereocenters. The Morgan fingerprint density at radius 2 is 1.92 bits per heavy atom. The van der Waals surface area contributed by atoms with Crippen molar-refractivity contribution in [3.8, 4) is 11.3 Å². The van der Waals surface area contributed by atoms with Crippen LogP contribution in [0.3, 0.4) is 0 Å². The molecule has 25 heavy (non-hydrogen) atoms. The van der Waals surface area contributed by atoms with Gasteiger partial charge >= 0.3 is 0 Å². The van der Waals surface area contributed by atoms with Crippen LogP contribution < -0.4 is 5.43 Å². The van der Waals surface area contributed by atoms with E-state index in [2.05, 4.69) is 20.5 Å². The van der Waals surface area contributed by atoms with E-state index < -0.39 is 0 Å². The molecule has 2 aromatic carbocycles. The largest absolute Gasteiger partial charge is 0.455 e. The van der Waals surface area contributed by atoms with E-state index in [0.717, 1.165) is 16.6 Å². The summed E-state index contributed by atoms with van der Waals surface area (Å²) in [4.78, 5) is 7.51. The van der Waals surface area contributed by atoms with Crippen LogP contribution in [-0.2, 0) is 0 Å². The van der Waals surface area contributed by atoms with Crippen LogP contribution in [0.4, 0.5) is 5.95 Å². The number of aromatic amines is 1. The first-order valence-corrected chi connectivity index (χ1v) is 8.24. The predicted molar refractivity (Wildman–Crippen MR) is 101 cm³/mol. The first-order valence-electron chi connectivity index (χ1n) is 7.48. The number of para-hydroxylation sites is 2. The minimum absolute atomic E-state index is 0.484. The van der Waals surface area contributed by atoms with Gasteiger partial charge < -0.3 is 9.40 Å². The number of halogens is 2. The molecule has 0 aliphatic heterocycles. The van der Waals surface area contributed by atoms with E-state index in [4.69, 9.17) is 27.6 Å². The third-order valence-electron chi connectivity index (χ3n) is 3.58. The first-order chi connectivity index (χ1) is 12.2. The second-order valence-electron chi connectivity index (χ2n) is 5.30. The van der Waals surface area contributed by atoms with Crippen molar-refractivity contribution in [1.29, 1.82) is 0 Å². The molecule has 0 aliphatic rings. The van der Waals surface area contributed by atoms with Crippen LogP contribution in [0.2, 0.25) is 10.0 Å². The maximum atomic E-state index is 6.04. The van der Waals surface area contributed by atoms with E-state index in [1.807, 2.05) is 42.5 Å². The highest BCUT2D eigenvalue weighted by atomic mass is 35.5. The van der Waals surface area contributed by atoms with Gasteiger partial charge in [-0.3, -0.25) is 0 Å². The first kappa shape index (κ1) is 15.7. The Hall–Kier alpha value is -2.76. The molecule has 4 rings (SSSR count). The summed E-state index contributed by atoms with van der Waals surface area (Å²) in [6.07, 6.45) is 1.58. The number of hydrogen-bond donors (Lipinski definition) is 2. The number of furan rings is 1. The maximum absolute atomic E-state index is 6.04. The third kappa shape index (κ3) is 3.38. The molecule has 7 heteroatoms. The van der Waals surface area contributed by atoms with E-state index in [0.29, 0.717) is 27.5 Å². The fourth-order valence-corrected chi connectivity index (χ4v) is 2.69. The van der Waals surface area contributed by atoms with Gasteiger partial charge in [0.1, 0.15) is 11.5 Å². The summed E-state index contributed by atoms with van der Waals surface area (Å²) >= 11 is 12.0. The van der Waals surface area contributed by atoms with Crippen molar-refractivity contribution in [1.82, 2.24) is 9.97 Å². The average Bonchev–Trinajstić information content (AvgIpc) is 3.24. The quantitative estimate of drug-likeness (QED) is 0.364. The van der Waals surface area contributed by atoms with Crippen molar-refractivity contribution in [2.75, 3.05) is 5.43 Å². The van der Waals surface area contributed by atoms with E-state index in [1.165, 1.54) is 0 Å². The van der Waals surface area contributed by atoms with E-state index >= 15 is 0 Å². The van der Waals surface area contributed by atoms with Crippen LogP contribution in [0, 0.1) is 0 Å². The van der Waals surface area contributed by atoms with Crippen LogP contribution in [0.25, 0.3) is 22.4 Å². The van der Waals surface area contributed by atoms with Gasteiger partial charge in [-0.1, -0.05) is 35.3 Å². The van der Waals surface area contributed by atoms with Gasteiger partial charge in [0.05, 0.1) is 27.3 Å². The predicted octanol–water partition coefficient (Wildman–Crippen LogP) is 5.58. The lowest BCUT2D eigenvalue weighted by atomic mass is 10.2. The van der Waals surface area contributed by atoms with Crippen molar-refractivity contribution in [2.24, 2.45) is 5.10 Å². The van der Waals surface area contributed by atoms with Gasteiger partial charge in [0, 0.05) is 5.56 Å². The molecule has 5 nitrogen and oxygen atoms in total. The van der Waals surface area contributed by atoms with E-state index in [-0.39, 0.29) is 0 Å². The highest BCUT2D eigenvalue weighted by Gasteiger charge is 2.06. The van der Waals surface area contributed by atoms with Gasteiger partial charge in [-0.25, -0.2) is 10.4 Å². The molecule has 4 aromatic rings. The molecule has 0 fully saturated rings. The number of imidazole rings is 1. The molecule has 0 saturated carbocycles. The topological polar surface area (TPSA) is 66.2 Å². The van der Waals surface area contributed by atoms with Gasteiger partial charge in [0.25, 0.3) is 0 Å². The molecule has 124 valence electrons. The summed E-state index contributed by atoms with van der Waals surface area (Å²) in [6, 6.07) is 16.8. The average molecular weight is 371 g/mol. The summed E-state index contributed by atoms with van der Waals surface area (Å²) < 4.78 is 5.74. The summed E-state index contributed by atoms with van der Waals surface area (Å²) in [6.45, 7) is 0. The second kappa shape index (κ2) is 6.63. The Morgan fingerprint density at radius 1 is 1.04 bits per heavy atom. The highest BCUT2D eigenvalue weighted by molar-refractivity contribution is 6.42.